The lowest BCUT2D eigenvalue weighted by atomic mass is 10.1. The number of urea groups is 1. The summed E-state index contributed by atoms with van der Waals surface area (Å²) in [6.45, 7) is 3.70. The minimum absolute atomic E-state index is 0.292. The van der Waals surface area contributed by atoms with Crippen molar-refractivity contribution in [3.63, 3.8) is 0 Å². The van der Waals surface area contributed by atoms with Crippen molar-refractivity contribution in [2.45, 2.75) is 32.6 Å². The molecule has 10 heteroatoms. The van der Waals surface area contributed by atoms with E-state index in [1.165, 1.54) is 40.8 Å². The van der Waals surface area contributed by atoms with Crippen LogP contribution in [0.1, 0.15) is 31.3 Å². The molecule has 1 N–H and O–H groups in total. The summed E-state index contributed by atoms with van der Waals surface area (Å²) in [5.41, 5.74) is -1.20. The van der Waals surface area contributed by atoms with E-state index in [-0.39, 0.29) is 11.2 Å². The second kappa shape index (κ2) is 8.58. The lowest BCUT2D eigenvalue weighted by Crippen LogP contribution is -2.37. The van der Waals surface area contributed by atoms with Crippen LogP contribution in [0.3, 0.4) is 0 Å². The number of nitrogens with zero attached hydrogens (tertiary/aromatic N) is 3. The van der Waals surface area contributed by atoms with Gasteiger partial charge < -0.3 is 10.2 Å². The number of para-hydroxylation sites is 1. The Morgan fingerprint density at radius 2 is 1.94 bits per heavy atom. The Morgan fingerprint density at radius 1 is 1.26 bits per heavy atom. The van der Waals surface area contributed by atoms with Gasteiger partial charge in [-0.2, -0.15) is 13.2 Å². The number of carbonyl (C=O) groups excluding carboxylic acids is 1. The summed E-state index contributed by atoms with van der Waals surface area (Å²) in [6.07, 6.45) is -4.61. The van der Waals surface area contributed by atoms with Crippen LogP contribution in [0.4, 0.5) is 23.7 Å². The molecular formula is C21H20ClF3N4O2. The van der Waals surface area contributed by atoms with Gasteiger partial charge in [0.25, 0.3) is 5.56 Å². The van der Waals surface area contributed by atoms with Crippen molar-refractivity contribution in [3.05, 3.63) is 69.2 Å². The molecule has 2 amide bonds. The standard InChI is InChI=1S/C21H20ClF3N4O2/c1-4-29-18(26-16-10-9-13(22)11-14(16)19(29)30)12(2)28(3)20(31)27-17-8-6-5-7-15(17)21(23,24)25/h5-12H,4H2,1-3H3,(H,27,31). The van der Waals surface area contributed by atoms with Crippen molar-refractivity contribution in [3.8, 4) is 0 Å². The van der Waals surface area contributed by atoms with E-state index in [9.17, 15) is 22.8 Å². The zero-order chi connectivity index (χ0) is 22.9. The highest BCUT2D eigenvalue weighted by Crippen LogP contribution is 2.34. The predicted molar refractivity (Wildman–Crippen MR) is 113 cm³/mol. The maximum Gasteiger partial charge on any atom is 0.418 e. The van der Waals surface area contributed by atoms with Crippen LogP contribution >= 0.6 is 11.6 Å². The highest BCUT2D eigenvalue weighted by Gasteiger charge is 2.34. The number of benzene rings is 2. The third-order valence-electron chi connectivity index (χ3n) is 5.01. The zero-order valence-electron chi connectivity index (χ0n) is 17.0. The number of carbonyl (C=O) groups is 1. The van der Waals surface area contributed by atoms with Gasteiger partial charge in [-0.05, 0) is 44.2 Å². The lowest BCUT2D eigenvalue weighted by Gasteiger charge is -2.27. The second-order valence-corrected chi connectivity index (χ2v) is 7.38. The fourth-order valence-electron chi connectivity index (χ4n) is 3.23. The van der Waals surface area contributed by atoms with Gasteiger partial charge in [0, 0.05) is 18.6 Å². The van der Waals surface area contributed by atoms with Crippen molar-refractivity contribution in [1.29, 1.82) is 0 Å². The van der Waals surface area contributed by atoms with Crippen molar-refractivity contribution in [2.24, 2.45) is 0 Å². The fraction of sp³-hybridized carbons (Fsp3) is 0.286. The van der Waals surface area contributed by atoms with E-state index >= 15 is 0 Å². The first-order valence-corrected chi connectivity index (χ1v) is 9.82. The fourth-order valence-corrected chi connectivity index (χ4v) is 3.40. The molecule has 1 unspecified atom stereocenters. The van der Waals surface area contributed by atoms with E-state index in [2.05, 4.69) is 10.3 Å². The summed E-state index contributed by atoms with van der Waals surface area (Å²) in [4.78, 5) is 31.3. The first-order valence-electron chi connectivity index (χ1n) is 9.44. The molecule has 6 nitrogen and oxygen atoms in total. The molecule has 0 spiro atoms. The molecule has 3 rings (SSSR count). The molecule has 3 aromatic rings. The van der Waals surface area contributed by atoms with Gasteiger partial charge in [0.1, 0.15) is 5.82 Å². The highest BCUT2D eigenvalue weighted by atomic mass is 35.5. The molecule has 164 valence electrons. The maximum atomic E-state index is 13.2. The van der Waals surface area contributed by atoms with Crippen molar-refractivity contribution < 1.29 is 18.0 Å². The average molecular weight is 453 g/mol. The molecule has 0 aliphatic heterocycles. The van der Waals surface area contributed by atoms with Crippen molar-refractivity contribution >= 4 is 34.2 Å². The molecule has 0 saturated carbocycles. The molecule has 0 fully saturated rings. The summed E-state index contributed by atoms with van der Waals surface area (Å²) in [6, 6.07) is 7.98. The van der Waals surface area contributed by atoms with Gasteiger partial charge in [-0.15, -0.1) is 0 Å². The van der Waals surface area contributed by atoms with E-state index < -0.39 is 23.8 Å². The minimum Gasteiger partial charge on any atom is -0.318 e. The molecule has 1 heterocycles. The normalized spacial score (nSPS) is 12.6. The first kappa shape index (κ1) is 22.6. The Morgan fingerprint density at radius 3 is 2.58 bits per heavy atom. The third kappa shape index (κ3) is 4.51. The number of rotatable bonds is 4. The first-order chi connectivity index (χ1) is 14.5. The topological polar surface area (TPSA) is 67.2 Å². The predicted octanol–water partition coefficient (Wildman–Crippen LogP) is 5.31. The Hall–Kier alpha value is -3.07. The summed E-state index contributed by atoms with van der Waals surface area (Å²) in [7, 11) is 1.43. The van der Waals surface area contributed by atoms with E-state index in [1.807, 2.05) is 0 Å². The van der Waals surface area contributed by atoms with E-state index in [0.29, 0.717) is 28.3 Å². The van der Waals surface area contributed by atoms with Crippen molar-refractivity contribution in [2.75, 3.05) is 12.4 Å². The summed E-state index contributed by atoms with van der Waals surface area (Å²) >= 11 is 5.99. The average Bonchev–Trinajstić information content (AvgIpc) is 2.72. The van der Waals surface area contributed by atoms with Crippen LogP contribution in [-0.2, 0) is 12.7 Å². The zero-order valence-corrected chi connectivity index (χ0v) is 17.8. The minimum atomic E-state index is -4.61. The molecular weight excluding hydrogens is 433 g/mol. The Bertz CT molecular complexity index is 1190. The molecule has 1 aromatic heterocycles. The maximum absolute atomic E-state index is 13.2. The Balaban J connectivity index is 1.96. The number of anilines is 1. The lowest BCUT2D eigenvalue weighted by molar-refractivity contribution is -0.136. The van der Waals surface area contributed by atoms with Gasteiger partial charge in [0.2, 0.25) is 0 Å². The molecule has 0 aliphatic rings. The SMILES string of the molecule is CCn1c(C(C)N(C)C(=O)Nc2ccccc2C(F)(F)F)nc2ccc(Cl)cc2c1=O. The number of fused-ring (bicyclic) bond motifs is 1. The van der Waals surface area contributed by atoms with E-state index in [1.54, 1.807) is 26.0 Å². The number of amides is 2. The molecule has 0 saturated heterocycles. The number of aromatic nitrogens is 2. The molecule has 0 aliphatic carbocycles. The van der Waals surface area contributed by atoms with Gasteiger partial charge in [-0.1, -0.05) is 23.7 Å². The van der Waals surface area contributed by atoms with Gasteiger partial charge in [-0.25, -0.2) is 9.78 Å². The number of alkyl halides is 3. The van der Waals surface area contributed by atoms with Crippen LogP contribution in [-0.4, -0.2) is 27.5 Å². The molecule has 31 heavy (non-hydrogen) atoms. The number of nitrogens with one attached hydrogen (secondary N) is 1. The van der Waals surface area contributed by atoms with Crippen LogP contribution in [0.2, 0.25) is 5.02 Å². The van der Waals surface area contributed by atoms with Gasteiger partial charge in [0.05, 0.1) is 28.2 Å². The molecule has 0 bridgehead atoms. The van der Waals surface area contributed by atoms with Crippen LogP contribution in [0.15, 0.2) is 47.3 Å². The Kier molecular flexibility index (Phi) is 6.26. The number of halogens is 4. The van der Waals surface area contributed by atoms with Crippen LogP contribution < -0.4 is 10.9 Å². The Labute approximate surface area is 181 Å². The van der Waals surface area contributed by atoms with Gasteiger partial charge >= 0.3 is 12.2 Å². The quantitative estimate of drug-likeness (QED) is 0.583. The van der Waals surface area contributed by atoms with Crippen LogP contribution in [0.5, 0.6) is 0 Å². The highest BCUT2D eigenvalue weighted by molar-refractivity contribution is 6.31. The van der Waals surface area contributed by atoms with E-state index in [4.69, 9.17) is 11.6 Å². The van der Waals surface area contributed by atoms with Gasteiger partial charge in [-0.3, -0.25) is 9.36 Å². The van der Waals surface area contributed by atoms with Crippen LogP contribution in [0, 0.1) is 0 Å². The monoisotopic (exact) mass is 452 g/mol. The summed E-state index contributed by atoms with van der Waals surface area (Å²) in [5, 5.41) is 3.04. The second-order valence-electron chi connectivity index (χ2n) is 6.94. The van der Waals surface area contributed by atoms with Crippen LogP contribution in [0.25, 0.3) is 10.9 Å². The summed E-state index contributed by atoms with van der Waals surface area (Å²) in [5.74, 6) is 0.309. The molecule has 1 atom stereocenters. The molecule has 2 aromatic carbocycles. The number of hydrogen-bond donors (Lipinski definition) is 1. The summed E-state index contributed by atoms with van der Waals surface area (Å²) < 4.78 is 41.1. The smallest absolute Gasteiger partial charge is 0.318 e. The van der Waals surface area contributed by atoms with E-state index in [0.717, 1.165) is 6.07 Å². The third-order valence-corrected chi connectivity index (χ3v) is 5.25. The number of hydrogen-bond acceptors (Lipinski definition) is 3. The van der Waals surface area contributed by atoms with Crippen molar-refractivity contribution in [1.82, 2.24) is 14.5 Å². The molecule has 0 radical (unpaired) electrons. The van der Waals surface area contributed by atoms with Gasteiger partial charge in [0.15, 0.2) is 0 Å². The largest absolute Gasteiger partial charge is 0.418 e.